The molecule has 0 saturated heterocycles. The van der Waals surface area contributed by atoms with Crippen molar-refractivity contribution < 1.29 is 37.8 Å². The van der Waals surface area contributed by atoms with Crippen molar-refractivity contribution in [3.05, 3.63) is 21.7 Å². The smallest absolute Gasteiger partial charge is 0.344 e. The van der Waals surface area contributed by atoms with Crippen LogP contribution in [0.5, 0.6) is 0 Å². The Hall–Kier alpha value is -3.34. The molecular formula is C23H34F3N7O6S. The van der Waals surface area contributed by atoms with E-state index >= 15 is 0 Å². The van der Waals surface area contributed by atoms with E-state index in [1.54, 1.807) is 10.8 Å². The third-order valence-corrected chi connectivity index (χ3v) is 7.41. The number of hydrazine groups is 1. The number of anilines is 1. The number of amidine groups is 1. The number of rotatable bonds is 16. The molecule has 5 N–H and O–H groups in total. The van der Waals surface area contributed by atoms with Gasteiger partial charge in [0.1, 0.15) is 6.04 Å². The van der Waals surface area contributed by atoms with Gasteiger partial charge in [0.2, 0.25) is 18.2 Å². The number of amides is 3. The molecule has 0 radical (unpaired) electrons. The monoisotopic (exact) mass is 593 g/mol. The molecular weight excluding hydrogens is 559 g/mol. The molecule has 0 aliphatic heterocycles. The lowest BCUT2D eigenvalue weighted by molar-refractivity contribution is -0.525. The van der Waals surface area contributed by atoms with Crippen LogP contribution in [0.15, 0.2) is 11.6 Å². The lowest BCUT2D eigenvalue weighted by Crippen LogP contribution is -2.51. The average molecular weight is 594 g/mol. The number of nitrogens with one attached hydrogen (secondary N) is 4. The summed E-state index contributed by atoms with van der Waals surface area (Å²) in [5.74, 6) is -3.17. The highest BCUT2D eigenvalue weighted by Gasteiger charge is 2.39. The minimum Gasteiger partial charge on any atom is -0.344 e. The SMILES string of the molecule is N=C(CCC[C@H](NC(=O)[C@H](CC1CCCCC1)[C@H](CCC(F)(F)F)N(O)C=O)C(=O)Nc1nccs1)N[N+](=O)[O-]. The van der Waals surface area contributed by atoms with Crippen molar-refractivity contribution in [2.75, 3.05) is 5.32 Å². The predicted octanol–water partition coefficient (Wildman–Crippen LogP) is 3.64. The number of hydrogen-bond donors (Lipinski definition) is 5. The molecule has 1 heterocycles. The molecule has 0 bridgehead atoms. The number of carbonyl (C=O) groups excluding carboxylic acids is 3. The molecule has 0 unspecified atom stereocenters. The number of alkyl halides is 3. The van der Waals surface area contributed by atoms with Crippen molar-refractivity contribution in [2.24, 2.45) is 11.8 Å². The van der Waals surface area contributed by atoms with Crippen LogP contribution in [0.25, 0.3) is 0 Å². The fourth-order valence-corrected chi connectivity index (χ4v) is 5.33. The minimum atomic E-state index is -4.59. The molecule has 1 aliphatic carbocycles. The molecule has 1 aromatic heterocycles. The summed E-state index contributed by atoms with van der Waals surface area (Å²) in [6, 6.07) is -2.72. The van der Waals surface area contributed by atoms with Gasteiger partial charge in [0.15, 0.2) is 16.0 Å². The number of aromatic nitrogens is 1. The van der Waals surface area contributed by atoms with Gasteiger partial charge in [-0.15, -0.1) is 11.3 Å². The molecule has 0 aromatic carbocycles. The van der Waals surface area contributed by atoms with Crippen LogP contribution in [0.1, 0.15) is 70.6 Å². The van der Waals surface area contributed by atoms with Crippen LogP contribution in [0.2, 0.25) is 0 Å². The zero-order chi connectivity index (χ0) is 29.7. The van der Waals surface area contributed by atoms with Crippen molar-refractivity contribution in [1.82, 2.24) is 20.8 Å². The predicted molar refractivity (Wildman–Crippen MR) is 138 cm³/mol. The third kappa shape index (κ3) is 11.8. The summed E-state index contributed by atoms with van der Waals surface area (Å²) in [4.78, 5) is 52.5. The van der Waals surface area contributed by atoms with E-state index in [1.807, 2.05) is 0 Å². The van der Waals surface area contributed by atoms with Gasteiger partial charge in [-0.1, -0.05) is 37.5 Å². The van der Waals surface area contributed by atoms with Crippen LogP contribution in [0.3, 0.4) is 0 Å². The Morgan fingerprint density at radius 1 is 1.27 bits per heavy atom. The van der Waals surface area contributed by atoms with Gasteiger partial charge in [0, 0.05) is 24.4 Å². The Morgan fingerprint density at radius 2 is 1.98 bits per heavy atom. The fraction of sp³-hybridized carbons (Fsp3) is 0.696. The first-order chi connectivity index (χ1) is 18.9. The van der Waals surface area contributed by atoms with E-state index in [0.717, 1.165) is 43.4 Å². The van der Waals surface area contributed by atoms with Crippen LogP contribution < -0.4 is 16.1 Å². The zero-order valence-electron chi connectivity index (χ0n) is 21.7. The van der Waals surface area contributed by atoms with E-state index in [4.69, 9.17) is 5.41 Å². The number of nitro groups is 1. The number of hydroxylamine groups is 2. The van der Waals surface area contributed by atoms with Gasteiger partial charge in [-0.2, -0.15) is 13.2 Å². The third-order valence-electron chi connectivity index (χ3n) is 6.73. The minimum absolute atomic E-state index is 0.0193. The van der Waals surface area contributed by atoms with E-state index in [9.17, 15) is 42.9 Å². The zero-order valence-corrected chi connectivity index (χ0v) is 22.5. The second-order valence-corrected chi connectivity index (χ2v) is 10.6. The summed E-state index contributed by atoms with van der Waals surface area (Å²) in [6.07, 6.45) is -1.02. The summed E-state index contributed by atoms with van der Waals surface area (Å²) in [7, 11) is 0. The number of halogens is 3. The largest absolute Gasteiger partial charge is 0.389 e. The summed E-state index contributed by atoms with van der Waals surface area (Å²) < 4.78 is 39.2. The first kappa shape index (κ1) is 32.9. The van der Waals surface area contributed by atoms with Crippen molar-refractivity contribution >= 4 is 40.5 Å². The van der Waals surface area contributed by atoms with Gasteiger partial charge in [-0.25, -0.2) is 20.2 Å². The van der Waals surface area contributed by atoms with E-state index < -0.39 is 59.7 Å². The quantitative estimate of drug-likeness (QED) is 0.0479. The van der Waals surface area contributed by atoms with E-state index in [-0.39, 0.29) is 48.2 Å². The van der Waals surface area contributed by atoms with Gasteiger partial charge in [0.25, 0.3) is 0 Å². The van der Waals surface area contributed by atoms with Crippen molar-refractivity contribution in [1.29, 1.82) is 5.41 Å². The highest BCUT2D eigenvalue weighted by Crippen LogP contribution is 2.34. The fourth-order valence-electron chi connectivity index (χ4n) is 4.80. The van der Waals surface area contributed by atoms with Gasteiger partial charge < -0.3 is 10.6 Å². The Kier molecular flexibility index (Phi) is 13.2. The van der Waals surface area contributed by atoms with Crippen molar-refractivity contribution in [3.8, 4) is 0 Å². The Bertz CT molecular complexity index is 992. The van der Waals surface area contributed by atoms with Crippen molar-refractivity contribution in [2.45, 2.75) is 88.9 Å². The van der Waals surface area contributed by atoms with Gasteiger partial charge in [0.05, 0.1) is 12.0 Å². The lowest BCUT2D eigenvalue weighted by Gasteiger charge is -2.34. The van der Waals surface area contributed by atoms with Gasteiger partial charge >= 0.3 is 6.18 Å². The molecule has 0 spiro atoms. The molecule has 17 heteroatoms. The van der Waals surface area contributed by atoms with E-state index in [0.29, 0.717) is 0 Å². The average Bonchev–Trinajstić information content (AvgIpc) is 3.39. The van der Waals surface area contributed by atoms with Gasteiger partial charge in [-0.3, -0.25) is 25.0 Å². The summed E-state index contributed by atoms with van der Waals surface area (Å²) in [5, 5.41) is 34.5. The molecule has 1 aromatic rings. The van der Waals surface area contributed by atoms with E-state index in [1.165, 1.54) is 6.20 Å². The molecule has 2 rings (SSSR count). The second kappa shape index (κ2) is 16.1. The number of carbonyl (C=O) groups is 3. The molecule has 1 aliphatic rings. The summed E-state index contributed by atoms with van der Waals surface area (Å²) >= 11 is 1.11. The molecule has 1 fully saturated rings. The first-order valence-electron chi connectivity index (χ1n) is 12.9. The maximum Gasteiger partial charge on any atom is 0.389 e. The molecule has 40 heavy (non-hydrogen) atoms. The van der Waals surface area contributed by atoms with Crippen LogP contribution in [-0.2, 0) is 14.4 Å². The second-order valence-electron chi connectivity index (χ2n) is 9.68. The van der Waals surface area contributed by atoms with Crippen LogP contribution >= 0.6 is 11.3 Å². The van der Waals surface area contributed by atoms with Crippen LogP contribution in [0, 0.1) is 27.4 Å². The molecule has 1 saturated carbocycles. The molecule has 3 amide bonds. The van der Waals surface area contributed by atoms with Crippen molar-refractivity contribution in [3.63, 3.8) is 0 Å². The number of thiazole rings is 1. The number of hydrogen-bond acceptors (Lipinski definition) is 9. The van der Waals surface area contributed by atoms with Gasteiger partial charge in [-0.05, 0) is 31.6 Å². The van der Waals surface area contributed by atoms with Crippen LogP contribution in [-0.4, -0.2) is 62.6 Å². The van der Waals surface area contributed by atoms with E-state index in [2.05, 4.69) is 15.6 Å². The Morgan fingerprint density at radius 3 is 2.55 bits per heavy atom. The topological polar surface area (TPSA) is 191 Å². The molecule has 13 nitrogen and oxygen atoms in total. The summed E-state index contributed by atoms with van der Waals surface area (Å²) in [5.41, 5.74) is 1.70. The molecule has 3 atom stereocenters. The first-order valence-corrected chi connectivity index (χ1v) is 13.8. The maximum atomic E-state index is 13.6. The molecule has 224 valence electrons. The highest BCUT2D eigenvalue weighted by molar-refractivity contribution is 7.13. The Labute approximate surface area is 232 Å². The standard InChI is InChI=1S/C23H34F3N7O6S/c24-23(25,26)10-9-18(32(37)14-34)16(13-15-5-2-1-3-6-15)20(35)29-17(7-4-8-19(27)31-33(38)39)21(36)30-22-28-11-12-40-22/h11-12,14-18,37H,1-10,13H2,(H2,27,31)(H,29,35)(H,28,30,36)/t16-,17+,18+/m1/s1. The van der Waals surface area contributed by atoms with Crippen LogP contribution in [0.4, 0.5) is 18.3 Å². The lowest BCUT2D eigenvalue weighted by atomic mass is 9.79. The highest BCUT2D eigenvalue weighted by atomic mass is 32.1. The normalized spacial score (nSPS) is 16.3. The maximum absolute atomic E-state index is 13.6. The Balaban J connectivity index is 2.26. The summed E-state index contributed by atoms with van der Waals surface area (Å²) in [6.45, 7) is 0. The number of nitrogens with zero attached hydrogens (tertiary/aromatic N) is 3.